The van der Waals surface area contributed by atoms with Gasteiger partial charge < -0.3 is 5.32 Å². The minimum Gasteiger partial charge on any atom is -0.302 e. The lowest BCUT2D eigenvalue weighted by Crippen LogP contribution is -2.29. The van der Waals surface area contributed by atoms with Gasteiger partial charge in [-0.1, -0.05) is 23.7 Å². The third-order valence-corrected chi connectivity index (χ3v) is 4.35. The zero-order valence-corrected chi connectivity index (χ0v) is 13.3. The number of nitrogens with zero attached hydrogens (tertiary/aromatic N) is 1. The topological polar surface area (TPSA) is 24.9 Å². The van der Waals surface area contributed by atoms with Gasteiger partial charge in [0.1, 0.15) is 5.01 Å². The summed E-state index contributed by atoms with van der Waals surface area (Å²) < 4.78 is 0. The second kappa shape index (κ2) is 6.04. The van der Waals surface area contributed by atoms with Crippen molar-refractivity contribution in [2.24, 2.45) is 0 Å². The Kier molecular flexibility index (Phi) is 4.61. The van der Waals surface area contributed by atoms with E-state index in [0.29, 0.717) is 6.04 Å². The summed E-state index contributed by atoms with van der Waals surface area (Å²) in [7, 11) is 0. The minimum atomic E-state index is 0.108. The van der Waals surface area contributed by atoms with E-state index in [2.05, 4.69) is 41.7 Å². The highest BCUT2D eigenvalue weighted by Gasteiger charge is 2.18. The van der Waals surface area contributed by atoms with Crippen LogP contribution in [-0.2, 0) is 0 Å². The Labute approximate surface area is 123 Å². The van der Waals surface area contributed by atoms with E-state index in [-0.39, 0.29) is 6.04 Å². The molecule has 2 aromatic rings. The average molecular weight is 295 g/mol. The zero-order chi connectivity index (χ0) is 14.0. The van der Waals surface area contributed by atoms with Gasteiger partial charge in [0.15, 0.2) is 0 Å². The molecule has 0 saturated carbocycles. The van der Waals surface area contributed by atoms with Gasteiger partial charge in [0.25, 0.3) is 0 Å². The Balaban J connectivity index is 2.39. The fourth-order valence-corrected chi connectivity index (χ4v) is 3.01. The predicted molar refractivity (Wildman–Crippen MR) is 83.2 cm³/mol. The van der Waals surface area contributed by atoms with Gasteiger partial charge in [-0.3, -0.25) is 0 Å². The molecule has 0 amide bonds. The number of rotatable bonds is 4. The highest BCUT2D eigenvalue weighted by molar-refractivity contribution is 7.09. The van der Waals surface area contributed by atoms with Crippen LogP contribution in [-0.4, -0.2) is 11.0 Å². The first kappa shape index (κ1) is 14.5. The molecule has 1 aromatic carbocycles. The first-order valence-electron chi connectivity index (χ1n) is 6.41. The highest BCUT2D eigenvalue weighted by Crippen LogP contribution is 2.28. The molecular formula is C15H19ClN2S. The van der Waals surface area contributed by atoms with Crippen molar-refractivity contribution in [2.45, 2.75) is 39.8 Å². The van der Waals surface area contributed by atoms with Gasteiger partial charge in [0.2, 0.25) is 0 Å². The number of thiazole rings is 1. The summed E-state index contributed by atoms with van der Waals surface area (Å²) in [6, 6.07) is 6.71. The summed E-state index contributed by atoms with van der Waals surface area (Å²) in [6.07, 6.45) is 0. The molecule has 4 heteroatoms. The number of aryl methyl sites for hydroxylation is 2. The summed E-state index contributed by atoms with van der Waals surface area (Å²) in [5.74, 6) is 0. The van der Waals surface area contributed by atoms with Crippen molar-refractivity contribution >= 4 is 22.9 Å². The molecule has 0 aliphatic heterocycles. The molecule has 1 heterocycles. The van der Waals surface area contributed by atoms with E-state index in [1.54, 1.807) is 11.3 Å². The first-order valence-corrected chi connectivity index (χ1v) is 7.67. The molecule has 1 aromatic heterocycles. The van der Waals surface area contributed by atoms with Crippen LogP contribution < -0.4 is 5.32 Å². The minimum absolute atomic E-state index is 0.108. The van der Waals surface area contributed by atoms with Crippen LogP contribution in [0.1, 0.15) is 41.7 Å². The van der Waals surface area contributed by atoms with Crippen molar-refractivity contribution in [3.63, 3.8) is 0 Å². The second-order valence-electron chi connectivity index (χ2n) is 5.09. The van der Waals surface area contributed by atoms with Crippen molar-refractivity contribution in [3.05, 3.63) is 50.4 Å². The number of halogens is 1. The molecule has 102 valence electrons. The molecule has 1 atom stereocenters. The van der Waals surface area contributed by atoms with Crippen molar-refractivity contribution in [1.29, 1.82) is 0 Å². The molecular weight excluding hydrogens is 276 g/mol. The second-order valence-corrected chi connectivity index (χ2v) is 6.39. The molecule has 0 aliphatic rings. The Hall–Kier alpha value is -0.900. The largest absolute Gasteiger partial charge is 0.302 e. The standard InChI is InChI=1S/C15H19ClN2S/c1-9(2)17-14(15-18-11(4)8-19-15)12-6-5-10(3)13(16)7-12/h5-9,14,17H,1-4H3. The molecule has 0 fully saturated rings. The van der Waals surface area contributed by atoms with E-state index < -0.39 is 0 Å². The van der Waals surface area contributed by atoms with Gasteiger partial charge in [-0.15, -0.1) is 11.3 Å². The van der Waals surface area contributed by atoms with Gasteiger partial charge in [-0.05, 0) is 44.9 Å². The number of nitrogens with one attached hydrogen (secondary N) is 1. The molecule has 0 bridgehead atoms. The molecule has 0 saturated heterocycles. The highest BCUT2D eigenvalue weighted by atomic mass is 35.5. The smallest absolute Gasteiger partial charge is 0.114 e. The quantitative estimate of drug-likeness (QED) is 0.898. The van der Waals surface area contributed by atoms with E-state index in [1.807, 2.05) is 19.9 Å². The molecule has 19 heavy (non-hydrogen) atoms. The van der Waals surface area contributed by atoms with Crippen LogP contribution in [0.2, 0.25) is 5.02 Å². The van der Waals surface area contributed by atoms with E-state index in [9.17, 15) is 0 Å². The third kappa shape index (κ3) is 3.56. The van der Waals surface area contributed by atoms with Crippen LogP contribution >= 0.6 is 22.9 Å². The molecule has 0 spiro atoms. The number of hydrogen-bond acceptors (Lipinski definition) is 3. The fraction of sp³-hybridized carbons (Fsp3) is 0.400. The van der Waals surface area contributed by atoms with Crippen LogP contribution in [0.15, 0.2) is 23.6 Å². The number of aromatic nitrogens is 1. The van der Waals surface area contributed by atoms with Gasteiger partial charge in [0.05, 0.1) is 6.04 Å². The van der Waals surface area contributed by atoms with Crippen molar-refractivity contribution in [3.8, 4) is 0 Å². The SMILES string of the molecule is Cc1csc(C(NC(C)C)c2ccc(C)c(Cl)c2)n1. The van der Waals surface area contributed by atoms with E-state index in [4.69, 9.17) is 11.6 Å². The van der Waals surface area contributed by atoms with E-state index in [0.717, 1.165) is 21.3 Å². The number of benzene rings is 1. The molecule has 0 radical (unpaired) electrons. The third-order valence-electron chi connectivity index (χ3n) is 2.91. The molecule has 1 N–H and O–H groups in total. The van der Waals surface area contributed by atoms with E-state index in [1.165, 1.54) is 5.56 Å². The first-order chi connectivity index (χ1) is 8.97. The molecule has 2 nitrogen and oxygen atoms in total. The Morgan fingerprint density at radius 3 is 2.53 bits per heavy atom. The van der Waals surface area contributed by atoms with Crippen LogP contribution in [0.3, 0.4) is 0 Å². The maximum Gasteiger partial charge on any atom is 0.114 e. The summed E-state index contributed by atoms with van der Waals surface area (Å²) in [6.45, 7) is 8.33. The summed E-state index contributed by atoms with van der Waals surface area (Å²) in [4.78, 5) is 4.61. The van der Waals surface area contributed by atoms with Crippen LogP contribution in [0.5, 0.6) is 0 Å². The molecule has 0 aliphatic carbocycles. The maximum absolute atomic E-state index is 6.24. The molecule has 1 unspecified atom stereocenters. The maximum atomic E-state index is 6.24. The lowest BCUT2D eigenvalue weighted by Gasteiger charge is -2.20. The van der Waals surface area contributed by atoms with Gasteiger partial charge in [0, 0.05) is 22.1 Å². The number of hydrogen-bond donors (Lipinski definition) is 1. The normalized spacial score (nSPS) is 12.9. The van der Waals surface area contributed by atoms with Crippen LogP contribution in [0.25, 0.3) is 0 Å². The monoisotopic (exact) mass is 294 g/mol. The average Bonchev–Trinajstić information content (AvgIpc) is 2.76. The lowest BCUT2D eigenvalue weighted by atomic mass is 10.0. The van der Waals surface area contributed by atoms with Crippen LogP contribution in [0, 0.1) is 13.8 Å². The van der Waals surface area contributed by atoms with Crippen molar-refractivity contribution < 1.29 is 0 Å². The summed E-state index contributed by atoms with van der Waals surface area (Å²) in [5, 5.41) is 7.54. The fourth-order valence-electron chi connectivity index (χ4n) is 1.94. The van der Waals surface area contributed by atoms with Gasteiger partial charge >= 0.3 is 0 Å². The zero-order valence-electron chi connectivity index (χ0n) is 11.7. The summed E-state index contributed by atoms with van der Waals surface area (Å²) in [5.41, 5.74) is 3.33. The van der Waals surface area contributed by atoms with Gasteiger partial charge in [-0.2, -0.15) is 0 Å². The lowest BCUT2D eigenvalue weighted by molar-refractivity contribution is 0.526. The predicted octanol–water partition coefficient (Wildman–Crippen LogP) is 4.50. The van der Waals surface area contributed by atoms with E-state index >= 15 is 0 Å². The van der Waals surface area contributed by atoms with Crippen molar-refractivity contribution in [2.75, 3.05) is 0 Å². The van der Waals surface area contributed by atoms with Crippen molar-refractivity contribution in [1.82, 2.24) is 10.3 Å². The Bertz CT molecular complexity index is 563. The van der Waals surface area contributed by atoms with Crippen LogP contribution in [0.4, 0.5) is 0 Å². The molecule has 2 rings (SSSR count). The van der Waals surface area contributed by atoms with Gasteiger partial charge in [-0.25, -0.2) is 4.98 Å². The Morgan fingerprint density at radius 2 is 2.00 bits per heavy atom. The Morgan fingerprint density at radius 1 is 1.26 bits per heavy atom. The summed E-state index contributed by atoms with van der Waals surface area (Å²) >= 11 is 7.93.